The molecule has 39 heavy (non-hydrogen) atoms. The minimum Gasteiger partial charge on any atom is -0.382 e. The molecule has 2 saturated heterocycles. The predicted octanol–water partition coefficient (Wildman–Crippen LogP) is 2.89. The van der Waals surface area contributed by atoms with Crippen molar-refractivity contribution in [1.29, 1.82) is 0 Å². The van der Waals surface area contributed by atoms with Gasteiger partial charge in [0.05, 0.1) is 24.4 Å². The Labute approximate surface area is 229 Å². The smallest absolute Gasteiger partial charge is 0.256 e. The molecular weight excluding hydrogens is 492 g/mol. The second kappa shape index (κ2) is 12.8. The van der Waals surface area contributed by atoms with E-state index in [1.807, 2.05) is 44.3 Å². The molecule has 10 heteroatoms. The van der Waals surface area contributed by atoms with Gasteiger partial charge in [-0.25, -0.2) is 9.98 Å². The van der Waals surface area contributed by atoms with Gasteiger partial charge in [0.1, 0.15) is 17.4 Å². The average molecular weight is 531 g/mol. The Morgan fingerprint density at radius 1 is 1.28 bits per heavy atom. The second-order valence-electron chi connectivity index (χ2n) is 10.4. The van der Waals surface area contributed by atoms with Gasteiger partial charge >= 0.3 is 0 Å². The number of nitrogens with two attached hydrogens (primary N) is 2. The maximum absolute atomic E-state index is 12.6. The van der Waals surface area contributed by atoms with Crippen molar-refractivity contribution in [2.75, 3.05) is 38.2 Å². The summed E-state index contributed by atoms with van der Waals surface area (Å²) in [6.45, 7) is 12.0. The van der Waals surface area contributed by atoms with E-state index in [4.69, 9.17) is 16.2 Å². The number of carbonyl (C=O) groups excluding carboxylic acids is 1. The quantitative estimate of drug-likeness (QED) is 0.421. The van der Waals surface area contributed by atoms with Crippen LogP contribution in [0.4, 0.5) is 5.82 Å². The molecular formula is C29H38N8O2. The molecule has 0 spiro atoms. The van der Waals surface area contributed by atoms with Crippen LogP contribution in [0.3, 0.4) is 0 Å². The number of pyridine rings is 1. The molecule has 0 bridgehead atoms. The Kier molecular flexibility index (Phi) is 9.23. The summed E-state index contributed by atoms with van der Waals surface area (Å²) in [5.41, 5.74) is 15.5. The Morgan fingerprint density at radius 2 is 2.00 bits per heavy atom. The molecule has 1 aromatic heterocycles. The van der Waals surface area contributed by atoms with E-state index < -0.39 is 0 Å². The van der Waals surface area contributed by atoms with Gasteiger partial charge in [-0.3, -0.25) is 9.79 Å². The minimum absolute atomic E-state index is 0. The lowest BCUT2D eigenvalue weighted by Gasteiger charge is -2.33. The first-order chi connectivity index (χ1) is 18.8. The number of hydrogen-bond donors (Lipinski definition) is 4. The monoisotopic (exact) mass is 530 g/mol. The number of aromatic nitrogens is 1. The molecule has 4 heterocycles. The summed E-state index contributed by atoms with van der Waals surface area (Å²) >= 11 is 0. The molecule has 3 aliphatic rings. The third kappa shape index (κ3) is 7.60. The molecule has 5 rings (SSSR count). The van der Waals surface area contributed by atoms with Crippen molar-refractivity contribution < 1.29 is 9.53 Å². The molecule has 206 valence electrons. The second-order valence-corrected chi connectivity index (χ2v) is 10.4. The highest BCUT2D eigenvalue weighted by molar-refractivity contribution is 6.06. The average Bonchev–Trinajstić information content (AvgIpc) is 2.91. The number of nitrogens with zero attached hydrogens (tertiary/aromatic N) is 4. The molecule has 0 saturated carbocycles. The van der Waals surface area contributed by atoms with E-state index in [0.29, 0.717) is 28.8 Å². The number of aliphatic imine (C=N–C) groups is 2. The van der Waals surface area contributed by atoms with E-state index in [1.54, 1.807) is 24.5 Å². The van der Waals surface area contributed by atoms with Crippen molar-refractivity contribution in [3.05, 3.63) is 77.4 Å². The summed E-state index contributed by atoms with van der Waals surface area (Å²) in [4.78, 5) is 27.5. The summed E-state index contributed by atoms with van der Waals surface area (Å²) in [5, 5.41) is 6.28. The predicted molar refractivity (Wildman–Crippen MR) is 156 cm³/mol. The van der Waals surface area contributed by atoms with Crippen LogP contribution < -0.4 is 22.1 Å². The molecule has 0 aliphatic carbocycles. The van der Waals surface area contributed by atoms with E-state index >= 15 is 0 Å². The first-order valence-corrected chi connectivity index (χ1v) is 13.2. The van der Waals surface area contributed by atoms with Crippen LogP contribution in [-0.2, 0) is 4.74 Å². The summed E-state index contributed by atoms with van der Waals surface area (Å²) in [5.74, 6) is 1.20. The third-order valence-electron chi connectivity index (χ3n) is 6.67. The summed E-state index contributed by atoms with van der Waals surface area (Å²) in [6.07, 6.45) is 7.64. The van der Waals surface area contributed by atoms with Crippen LogP contribution in [0.15, 0.2) is 70.7 Å². The van der Waals surface area contributed by atoms with Crippen LogP contribution in [0.25, 0.3) is 5.70 Å². The topological polar surface area (TPSA) is 143 Å². The molecule has 2 aromatic rings. The molecule has 2 fully saturated rings. The zero-order chi connectivity index (χ0) is 27.8. The number of amides is 1. The van der Waals surface area contributed by atoms with Crippen molar-refractivity contribution in [2.24, 2.45) is 27.4 Å². The number of carbonyl (C=O) groups is 1. The summed E-state index contributed by atoms with van der Waals surface area (Å²) in [6, 6.07) is 10.9. The van der Waals surface area contributed by atoms with Crippen molar-refractivity contribution in [1.82, 2.24) is 15.2 Å². The number of benzene rings is 1. The highest BCUT2D eigenvalue weighted by Crippen LogP contribution is 2.27. The fraction of sp³-hybridized carbons (Fsp3) is 0.379. The third-order valence-corrected chi connectivity index (χ3v) is 6.67. The Balaban J connectivity index is 0.000000519. The first-order valence-electron chi connectivity index (χ1n) is 13.2. The number of piperidine rings is 1. The van der Waals surface area contributed by atoms with Crippen LogP contribution in [0.5, 0.6) is 0 Å². The van der Waals surface area contributed by atoms with Gasteiger partial charge in [0, 0.05) is 36.3 Å². The van der Waals surface area contributed by atoms with Gasteiger partial charge in [-0.2, -0.15) is 0 Å². The number of ether oxygens (including phenoxy) is 1. The van der Waals surface area contributed by atoms with E-state index in [-0.39, 0.29) is 11.4 Å². The highest BCUT2D eigenvalue weighted by atomic mass is 16.5. The summed E-state index contributed by atoms with van der Waals surface area (Å²) in [7, 11) is 0. The van der Waals surface area contributed by atoms with Gasteiger partial charge in [0.2, 0.25) is 0 Å². The molecule has 1 aromatic carbocycles. The fourth-order valence-corrected chi connectivity index (χ4v) is 4.54. The summed E-state index contributed by atoms with van der Waals surface area (Å²) < 4.78 is 4.81. The standard InChI is InChI=1S/C25H29N7O.C4H9NO/c1-17-9-11-29-21(14-17)31-25(33)20-7-5-19(6-8-20)22(27-2)23-24(26)30-12-13-32(23)16-18-4-3-10-28-15-18;1-4(5)2-6-3-4/h5-9,11-14,18,28H,2-4,10,15-16H2,1H3,(H2,26,30)(H,29,31,33);2-3,5H2,1H3/b23-22-;/t18-;/m1./s1. The highest BCUT2D eigenvalue weighted by Gasteiger charge is 2.27. The van der Waals surface area contributed by atoms with Crippen LogP contribution in [0, 0.1) is 12.8 Å². The number of amidine groups is 1. The SMILES string of the molecule is C=N/C(=C1/C(N)=NC=CN1C[C@@H]1CCCNC1)c1ccc(C(=O)Nc2cc(C)ccn2)cc1.CC1(N)COC1. The molecule has 6 N–H and O–H groups in total. The molecule has 1 atom stereocenters. The molecule has 0 unspecified atom stereocenters. The lowest BCUT2D eigenvalue weighted by Crippen LogP contribution is -2.54. The van der Waals surface area contributed by atoms with E-state index in [1.165, 1.54) is 6.42 Å². The maximum Gasteiger partial charge on any atom is 0.256 e. The van der Waals surface area contributed by atoms with Crippen molar-refractivity contribution in [3.8, 4) is 0 Å². The van der Waals surface area contributed by atoms with Crippen LogP contribution in [0.1, 0.15) is 41.3 Å². The Morgan fingerprint density at radius 3 is 2.59 bits per heavy atom. The fourth-order valence-electron chi connectivity index (χ4n) is 4.54. The molecule has 0 radical (unpaired) electrons. The van der Waals surface area contributed by atoms with E-state index in [2.05, 4.69) is 37.2 Å². The van der Waals surface area contributed by atoms with Crippen LogP contribution in [0.2, 0.25) is 0 Å². The first kappa shape index (κ1) is 28.2. The van der Waals surface area contributed by atoms with Gasteiger partial charge in [-0.05, 0) is 82.2 Å². The Bertz CT molecular complexity index is 1250. The van der Waals surface area contributed by atoms with Gasteiger partial charge < -0.3 is 31.7 Å². The number of anilines is 1. The number of aryl methyl sites for hydroxylation is 1. The number of nitrogens with one attached hydrogen (secondary N) is 2. The van der Waals surface area contributed by atoms with Gasteiger partial charge in [-0.15, -0.1) is 0 Å². The number of rotatable bonds is 6. The zero-order valence-electron chi connectivity index (χ0n) is 22.7. The van der Waals surface area contributed by atoms with E-state index in [0.717, 1.165) is 56.1 Å². The van der Waals surface area contributed by atoms with Gasteiger partial charge in [0.15, 0.2) is 0 Å². The largest absolute Gasteiger partial charge is 0.382 e. The number of hydrogen-bond acceptors (Lipinski definition) is 9. The van der Waals surface area contributed by atoms with Crippen molar-refractivity contribution in [2.45, 2.75) is 32.2 Å². The normalized spacial score (nSPS) is 21.1. The zero-order valence-corrected chi connectivity index (χ0v) is 22.7. The van der Waals surface area contributed by atoms with Crippen molar-refractivity contribution in [3.63, 3.8) is 0 Å². The Hall–Kier alpha value is -3.86. The van der Waals surface area contributed by atoms with Crippen molar-refractivity contribution >= 4 is 30.0 Å². The maximum atomic E-state index is 12.6. The van der Waals surface area contributed by atoms with E-state index in [9.17, 15) is 4.79 Å². The molecule has 1 amide bonds. The van der Waals surface area contributed by atoms with Gasteiger partial charge in [-0.1, -0.05) is 12.1 Å². The lowest BCUT2D eigenvalue weighted by molar-refractivity contribution is -0.0433. The molecule has 3 aliphatic heterocycles. The molecule has 10 nitrogen and oxygen atoms in total. The van der Waals surface area contributed by atoms with Crippen LogP contribution in [-0.4, -0.2) is 66.7 Å². The minimum atomic E-state index is -0.228. The van der Waals surface area contributed by atoms with Crippen LogP contribution >= 0.6 is 0 Å². The lowest BCUT2D eigenvalue weighted by atomic mass is 9.98. The van der Waals surface area contributed by atoms with Gasteiger partial charge in [0.25, 0.3) is 5.91 Å².